The SMILES string of the molecule is CCOC(=O)[C@@H](NC(=O)COC)c1c(C)nn(-c2ccccc2)c1C. The van der Waals surface area contributed by atoms with Crippen LogP contribution >= 0.6 is 0 Å². The van der Waals surface area contributed by atoms with Gasteiger partial charge in [-0.15, -0.1) is 0 Å². The maximum atomic E-state index is 12.4. The van der Waals surface area contributed by atoms with Gasteiger partial charge in [-0.25, -0.2) is 9.48 Å². The van der Waals surface area contributed by atoms with Gasteiger partial charge in [0.05, 0.1) is 18.0 Å². The number of methoxy groups -OCH3 is 1. The highest BCUT2D eigenvalue weighted by Gasteiger charge is 2.30. The van der Waals surface area contributed by atoms with E-state index in [4.69, 9.17) is 9.47 Å². The van der Waals surface area contributed by atoms with Crippen molar-refractivity contribution < 1.29 is 19.1 Å². The van der Waals surface area contributed by atoms with Gasteiger partial charge in [0.25, 0.3) is 0 Å². The van der Waals surface area contributed by atoms with Crippen LogP contribution < -0.4 is 5.32 Å². The van der Waals surface area contributed by atoms with Crippen molar-refractivity contribution in [2.45, 2.75) is 26.8 Å². The normalized spacial score (nSPS) is 11.8. The Labute approximate surface area is 146 Å². The van der Waals surface area contributed by atoms with Gasteiger partial charge in [-0.1, -0.05) is 18.2 Å². The molecule has 1 amide bonds. The summed E-state index contributed by atoms with van der Waals surface area (Å²) in [6.45, 7) is 5.47. The lowest BCUT2D eigenvalue weighted by Gasteiger charge is -2.18. The first kappa shape index (κ1) is 18.7. The number of aryl methyl sites for hydroxylation is 1. The lowest BCUT2D eigenvalue weighted by molar-refractivity contribution is -0.148. The Morgan fingerprint density at radius 1 is 1.24 bits per heavy atom. The zero-order valence-electron chi connectivity index (χ0n) is 14.9. The van der Waals surface area contributed by atoms with Crippen molar-refractivity contribution in [1.82, 2.24) is 15.1 Å². The maximum Gasteiger partial charge on any atom is 0.333 e. The topological polar surface area (TPSA) is 82.4 Å². The van der Waals surface area contributed by atoms with Gasteiger partial charge < -0.3 is 14.8 Å². The molecule has 0 fully saturated rings. The Morgan fingerprint density at radius 3 is 2.52 bits per heavy atom. The van der Waals surface area contributed by atoms with Crippen LogP contribution in [0.1, 0.15) is 29.9 Å². The monoisotopic (exact) mass is 345 g/mol. The molecule has 0 spiro atoms. The molecule has 1 N–H and O–H groups in total. The number of esters is 1. The van der Waals surface area contributed by atoms with Crippen LogP contribution in [0.4, 0.5) is 0 Å². The largest absolute Gasteiger partial charge is 0.464 e. The average molecular weight is 345 g/mol. The molecular formula is C18H23N3O4. The van der Waals surface area contributed by atoms with Gasteiger partial charge >= 0.3 is 5.97 Å². The third-order valence-corrected chi connectivity index (χ3v) is 3.74. The molecule has 1 aromatic carbocycles. The van der Waals surface area contributed by atoms with Crippen LogP contribution in [0, 0.1) is 13.8 Å². The number of carbonyl (C=O) groups is 2. The van der Waals surface area contributed by atoms with Crippen molar-refractivity contribution >= 4 is 11.9 Å². The molecule has 1 atom stereocenters. The van der Waals surface area contributed by atoms with Crippen LogP contribution in [0.25, 0.3) is 5.69 Å². The number of hydrogen-bond acceptors (Lipinski definition) is 5. The molecule has 1 aromatic heterocycles. The number of benzene rings is 1. The molecule has 134 valence electrons. The molecule has 7 heteroatoms. The second-order valence-electron chi connectivity index (χ2n) is 5.52. The summed E-state index contributed by atoms with van der Waals surface area (Å²) in [5.41, 5.74) is 2.92. The van der Waals surface area contributed by atoms with Crippen molar-refractivity contribution in [2.24, 2.45) is 0 Å². The summed E-state index contributed by atoms with van der Waals surface area (Å²) < 4.78 is 11.7. The van der Waals surface area contributed by atoms with Crippen molar-refractivity contribution in [1.29, 1.82) is 0 Å². The number of amides is 1. The smallest absolute Gasteiger partial charge is 0.333 e. The summed E-state index contributed by atoms with van der Waals surface area (Å²) in [5, 5.41) is 7.20. The molecule has 0 aliphatic rings. The van der Waals surface area contributed by atoms with Gasteiger partial charge in [-0.3, -0.25) is 4.79 Å². The fourth-order valence-electron chi connectivity index (χ4n) is 2.70. The fraction of sp³-hybridized carbons (Fsp3) is 0.389. The number of aromatic nitrogens is 2. The highest BCUT2D eigenvalue weighted by atomic mass is 16.5. The number of ether oxygens (including phenoxy) is 2. The summed E-state index contributed by atoms with van der Waals surface area (Å²) in [7, 11) is 1.42. The summed E-state index contributed by atoms with van der Waals surface area (Å²) in [6, 6.07) is 8.66. The summed E-state index contributed by atoms with van der Waals surface area (Å²) in [5.74, 6) is -0.919. The van der Waals surface area contributed by atoms with Crippen LogP contribution in [0.5, 0.6) is 0 Å². The molecule has 0 bridgehead atoms. The van der Waals surface area contributed by atoms with Crippen molar-refractivity contribution in [3.63, 3.8) is 0 Å². The third-order valence-electron chi connectivity index (χ3n) is 3.74. The van der Waals surface area contributed by atoms with E-state index in [1.807, 2.05) is 37.3 Å². The van der Waals surface area contributed by atoms with Crippen molar-refractivity contribution in [3.8, 4) is 5.69 Å². The van der Waals surface area contributed by atoms with Gasteiger partial charge in [0.15, 0.2) is 6.04 Å². The van der Waals surface area contributed by atoms with Gasteiger partial charge in [0, 0.05) is 18.4 Å². The van der Waals surface area contributed by atoms with Crippen LogP contribution in [0.3, 0.4) is 0 Å². The first-order valence-electron chi connectivity index (χ1n) is 8.06. The minimum atomic E-state index is -0.930. The second kappa shape index (κ2) is 8.43. The number of hydrogen-bond donors (Lipinski definition) is 1. The van der Waals surface area contributed by atoms with Gasteiger partial charge in [-0.2, -0.15) is 5.10 Å². The number of nitrogens with zero attached hydrogens (tertiary/aromatic N) is 2. The van der Waals surface area contributed by atoms with E-state index in [9.17, 15) is 9.59 Å². The van der Waals surface area contributed by atoms with Crippen LogP contribution in [-0.2, 0) is 19.1 Å². The first-order chi connectivity index (χ1) is 12.0. The molecule has 25 heavy (non-hydrogen) atoms. The lowest BCUT2D eigenvalue weighted by Crippen LogP contribution is -2.37. The molecule has 7 nitrogen and oxygen atoms in total. The quantitative estimate of drug-likeness (QED) is 0.775. The van der Waals surface area contributed by atoms with E-state index in [-0.39, 0.29) is 13.2 Å². The number of carbonyl (C=O) groups excluding carboxylic acids is 2. The second-order valence-corrected chi connectivity index (χ2v) is 5.52. The maximum absolute atomic E-state index is 12.4. The zero-order valence-corrected chi connectivity index (χ0v) is 14.9. The average Bonchev–Trinajstić information content (AvgIpc) is 2.88. The van der Waals surface area contributed by atoms with Crippen molar-refractivity contribution in [2.75, 3.05) is 20.3 Å². The Bertz CT molecular complexity index is 740. The molecule has 1 heterocycles. The summed E-state index contributed by atoms with van der Waals surface area (Å²) in [6.07, 6.45) is 0. The predicted octanol–water partition coefficient (Wildman–Crippen LogP) is 1.86. The molecule has 0 aliphatic carbocycles. The molecular weight excluding hydrogens is 322 g/mol. The molecule has 2 aromatic rings. The molecule has 0 saturated heterocycles. The lowest BCUT2D eigenvalue weighted by atomic mass is 10.0. The van der Waals surface area contributed by atoms with Crippen molar-refractivity contribution in [3.05, 3.63) is 47.3 Å². The summed E-state index contributed by atoms with van der Waals surface area (Å²) >= 11 is 0. The summed E-state index contributed by atoms with van der Waals surface area (Å²) in [4.78, 5) is 24.4. The highest BCUT2D eigenvalue weighted by molar-refractivity contribution is 5.86. The van der Waals surface area contributed by atoms with E-state index >= 15 is 0 Å². The number of nitrogens with one attached hydrogen (secondary N) is 1. The molecule has 0 radical (unpaired) electrons. The van der Waals surface area contributed by atoms with E-state index in [0.29, 0.717) is 11.3 Å². The standard InChI is InChI=1S/C18H23N3O4/c1-5-25-18(23)17(19-15(22)11-24-4)16-12(2)20-21(13(16)3)14-9-7-6-8-10-14/h6-10,17H,5,11H2,1-4H3,(H,19,22)/t17-/m0/s1. The van der Waals surface area contributed by atoms with Crippen LogP contribution in [0.15, 0.2) is 30.3 Å². The van der Waals surface area contributed by atoms with E-state index in [1.165, 1.54) is 7.11 Å². The van der Waals surface area contributed by atoms with Gasteiger partial charge in [0.1, 0.15) is 6.61 Å². The minimum Gasteiger partial charge on any atom is -0.464 e. The third kappa shape index (κ3) is 4.24. The molecule has 0 aliphatic heterocycles. The van der Waals surface area contributed by atoms with E-state index < -0.39 is 17.9 Å². The van der Waals surface area contributed by atoms with Gasteiger partial charge in [-0.05, 0) is 32.9 Å². The molecule has 2 rings (SSSR count). The number of rotatable bonds is 7. The first-order valence-corrected chi connectivity index (χ1v) is 8.06. The Balaban J connectivity index is 2.44. The molecule has 0 unspecified atom stereocenters. The highest BCUT2D eigenvalue weighted by Crippen LogP contribution is 2.25. The minimum absolute atomic E-state index is 0.138. The van der Waals surface area contributed by atoms with Crippen LogP contribution in [0.2, 0.25) is 0 Å². The van der Waals surface area contributed by atoms with Gasteiger partial charge in [0.2, 0.25) is 5.91 Å². The van der Waals surface area contributed by atoms with Crippen LogP contribution in [-0.4, -0.2) is 42.0 Å². The fourth-order valence-corrected chi connectivity index (χ4v) is 2.70. The zero-order chi connectivity index (χ0) is 18.4. The van der Waals surface area contributed by atoms with E-state index in [1.54, 1.807) is 18.5 Å². The Kier molecular flexibility index (Phi) is 6.30. The van der Waals surface area contributed by atoms with E-state index in [2.05, 4.69) is 10.4 Å². The number of para-hydroxylation sites is 1. The molecule has 0 saturated carbocycles. The Hall–Kier alpha value is -2.67. The Morgan fingerprint density at radius 2 is 1.92 bits per heavy atom. The predicted molar refractivity (Wildman–Crippen MR) is 92.4 cm³/mol. The van der Waals surface area contributed by atoms with E-state index in [0.717, 1.165) is 11.4 Å².